The van der Waals surface area contributed by atoms with Gasteiger partial charge in [-0.3, -0.25) is 38.4 Å². The van der Waals surface area contributed by atoms with Crippen molar-refractivity contribution in [2.75, 3.05) is 49.8 Å². The maximum atomic E-state index is 15.0. The summed E-state index contributed by atoms with van der Waals surface area (Å²) >= 11 is 0. The van der Waals surface area contributed by atoms with Crippen LogP contribution in [0.5, 0.6) is 0 Å². The minimum Gasteiger partial charge on any atom is -0.394 e. The number of carbonyl (C=O) groups is 8. The second kappa shape index (κ2) is 36.0. The highest BCUT2D eigenvalue weighted by molar-refractivity contribution is 8.77. The first-order valence-corrected chi connectivity index (χ1v) is 32.3. The summed E-state index contributed by atoms with van der Waals surface area (Å²) in [6.07, 6.45) is 0.954. The van der Waals surface area contributed by atoms with Gasteiger partial charge in [-0.15, -0.1) is 0 Å². The molecule has 8 amide bonds. The summed E-state index contributed by atoms with van der Waals surface area (Å²) in [6.45, 7) is 2.65. The van der Waals surface area contributed by atoms with Gasteiger partial charge in [-0.2, -0.15) is 0 Å². The van der Waals surface area contributed by atoms with E-state index in [-0.39, 0.29) is 49.6 Å². The monoisotopic (exact) mass is 1210 g/mol. The van der Waals surface area contributed by atoms with Gasteiger partial charge in [-0.25, -0.2) is 0 Å². The lowest BCUT2D eigenvalue weighted by atomic mass is 10.0. The van der Waals surface area contributed by atoms with Crippen molar-refractivity contribution in [3.63, 3.8) is 0 Å². The highest BCUT2D eigenvalue weighted by atomic mass is 33.1. The minimum atomic E-state index is -1.68. The van der Waals surface area contributed by atoms with E-state index in [9.17, 15) is 53.7 Å². The van der Waals surface area contributed by atoms with Crippen molar-refractivity contribution < 1.29 is 53.7 Å². The number of hydrogen-bond donors (Lipinski definition) is 14. The van der Waals surface area contributed by atoms with E-state index in [1.807, 2.05) is 54.6 Å². The Labute approximate surface area is 494 Å². The Morgan fingerprint density at radius 2 is 1.34 bits per heavy atom. The Kier molecular flexibility index (Phi) is 29.4. The van der Waals surface area contributed by atoms with E-state index < -0.39 is 108 Å². The zero-order valence-corrected chi connectivity index (χ0v) is 49.6. The Hall–Kier alpha value is -5.84. The number of aliphatic hydroxyl groups is 3. The van der Waals surface area contributed by atoms with E-state index in [1.165, 1.54) is 13.8 Å². The maximum absolute atomic E-state index is 15.0. The Bertz CT molecular complexity index is 2680. The molecular formula is C56H79N11O11S4. The first-order chi connectivity index (χ1) is 39.5. The Morgan fingerprint density at radius 3 is 2.01 bits per heavy atom. The largest absolute Gasteiger partial charge is 0.394 e. The highest BCUT2D eigenvalue weighted by Gasteiger charge is 2.37. The van der Waals surface area contributed by atoms with Crippen molar-refractivity contribution >= 4 is 101 Å². The fourth-order valence-electron chi connectivity index (χ4n) is 8.65. The first kappa shape index (κ1) is 67.0. The maximum Gasteiger partial charge on any atom is 0.245 e. The molecule has 3 aromatic carbocycles. The topological polar surface area (TPSA) is 347 Å². The number of unbranched alkanes of at least 4 members (excludes halogenated alkanes) is 1. The molecule has 1 aliphatic rings. The first-order valence-electron chi connectivity index (χ1n) is 27.4. The second-order valence-electron chi connectivity index (χ2n) is 19.8. The molecule has 1 aliphatic heterocycles. The van der Waals surface area contributed by atoms with Gasteiger partial charge in [0.15, 0.2) is 0 Å². The van der Waals surface area contributed by atoms with E-state index in [2.05, 4.69) is 52.8 Å². The number of amides is 8. The van der Waals surface area contributed by atoms with Crippen LogP contribution in [0.15, 0.2) is 91.1 Å². The summed E-state index contributed by atoms with van der Waals surface area (Å²) in [5, 5.41) is 57.2. The lowest BCUT2D eigenvalue weighted by Crippen LogP contribution is -2.62. The summed E-state index contributed by atoms with van der Waals surface area (Å²) in [7, 11) is 6.88. The molecule has 0 radical (unpaired) electrons. The molecule has 82 heavy (non-hydrogen) atoms. The third-order valence-electron chi connectivity index (χ3n) is 13.4. The number of nitrogens with one attached hydrogen (secondary N) is 10. The zero-order chi connectivity index (χ0) is 59.4. The van der Waals surface area contributed by atoms with Gasteiger partial charge in [0.2, 0.25) is 47.3 Å². The molecule has 15 N–H and O–H groups in total. The average molecular weight is 1210 g/mol. The summed E-state index contributed by atoms with van der Waals surface area (Å²) in [6, 6.07) is 15.1. The molecule has 1 saturated heterocycles. The van der Waals surface area contributed by atoms with Gasteiger partial charge in [-0.1, -0.05) is 122 Å². The van der Waals surface area contributed by atoms with Crippen molar-refractivity contribution in [2.24, 2.45) is 5.73 Å². The normalized spacial score (nSPS) is 21.3. The predicted molar refractivity (Wildman–Crippen MR) is 324 cm³/mol. The van der Waals surface area contributed by atoms with Crippen molar-refractivity contribution in [3.8, 4) is 0 Å². The van der Waals surface area contributed by atoms with E-state index in [1.54, 1.807) is 65.2 Å². The number of nitrogens with two attached hydrogens (primary N) is 1. The molecule has 0 aliphatic carbocycles. The van der Waals surface area contributed by atoms with Crippen molar-refractivity contribution in [1.82, 2.24) is 52.8 Å². The van der Waals surface area contributed by atoms with Crippen LogP contribution in [0.4, 0.5) is 0 Å². The smallest absolute Gasteiger partial charge is 0.245 e. The van der Waals surface area contributed by atoms with Crippen LogP contribution in [0.3, 0.4) is 0 Å². The number of aliphatic hydroxyl groups excluding tert-OH is 3. The Morgan fingerprint density at radius 1 is 0.720 bits per heavy atom. The third kappa shape index (κ3) is 22.4. The standard InChI is InChI=1S/C56H79N11O11S4/c1-34(69)45(31-68)64-55(77)47-33-82-81-32-46(65-51(73)42(27-36-15-6-4-7-16-36)59-24-14-25-79-80-26-22-48(71)58-3)54(76)62-43(28-37-17-8-5-9-18-37)52(74)63-44(29-38-30-60-40-20-11-10-19-39(38)40)53(75)61-41(21-12-13-23-57)50(72)67-49(35(2)70)56(78)66-47/h4-11,15-20,30,34-35,41-47,49,59-60,68-70H,12-14,21-29,31-33,57H2,1-3H3,(H,58,71)(H,61,75)(H,62,76)(H,63,74)(H,64,77)(H,65,73)(H,66,78)(H,67,72)/t34-,35-,41+,42-,43+,44-,45-,46?,47+,49+/m1/s1. The third-order valence-corrected chi connectivity index (χ3v) is 18.3. The molecule has 448 valence electrons. The van der Waals surface area contributed by atoms with Gasteiger partial charge < -0.3 is 73.9 Å². The molecule has 0 saturated carbocycles. The van der Waals surface area contributed by atoms with Crippen LogP contribution in [0.2, 0.25) is 0 Å². The number of hydrogen-bond acceptors (Lipinski definition) is 17. The summed E-state index contributed by atoms with van der Waals surface area (Å²) in [5.41, 5.74) is 8.74. The molecule has 2 heterocycles. The number of benzene rings is 3. The molecule has 1 unspecified atom stereocenters. The van der Waals surface area contributed by atoms with Crippen LogP contribution in [0.25, 0.3) is 10.9 Å². The zero-order valence-electron chi connectivity index (χ0n) is 46.4. The number of aromatic nitrogens is 1. The molecular weight excluding hydrogens is 1130 g/mol. The summed E-state index contributed by atoms with van der Waals surface area (Å²) in [5.74, 6) is -4.54. The minimum absolute atomic E-state index is 0.0265. The van der Waals surface area contributed by atoms with Gasteiger partial charge in [0.1, 0.15) is 36.3 Å². The van der Waals surface area contributed by atoms with Crippen molar-refractivity contribution in [2.45, 2.75) is 126 Å². The Balaban J connectivity index is 1.55. The average Bonchev–Trinajstić information content (AvgIpc) is 3.92. The highest BCUT2D eigenvalue weighted by Crippen LogP contribution is 2.25. The van der Waals surface area contributed by atoms with E-state index in [4.69, 9.17) is 5.73 Å². The fourth-order valence-corrected chi connectivity index (χ4v) is 13.1. The molecule has 1 aromatic heterocycles. The SMILES string of the molecule is CNC(=O)CCSSCCCN[C@H](Cc1ccccc1)C(=O)NC1CSSC[C@@H](C(=O)N[C@H](CO)[C@@H](C)O)NC(=O)[C@H]([C@@H](C)O)NC(=O)[C@H](CCCCN)NC(=O)[C@@H](Cc2c[nH]c3ccccc23)NC(=O)[C@H](Cc2ccccc2)NC1=O. The van der Waals surface area contributed by atoms with E-state index in [0.29, 0.717) is 49.1 Å². The molecule has 22 nitrogen and oxygen atoms in total. The number of H-pyrrole nitrogens is 1. The van der Waals surface area contributed by atoms with Crippen molar-refractivity contribution in [3.05, 3.63) is 108 Å². The molecule has 5 rings (SSSR count). The van der Waals surface area contributed by atoms with E-state index >= 15 is 0 Å². The number of rotatable bonds is 26. The van der Waals surface area contributed by atoms with Crippen LogP contribution >= 0.6 is 43.2 Å². The number of aromatic amines is 1. The van der Waals surface area contributed by atoms with Crippen LogP contribution in [-0.4, -0.2) is 178 Å². The van der Waals surface area contributed by atoms with Gasteiger partial charge >= 0.3 is 0 Å². The van der Waals surface area contributed by atoms with E-state index in [0.717, 1.165) is 43.8 Å². The lowest BCUT2D eigenvalue weighted by molar-refractivity contribution is -0.136. The molecule has 0 spiro atoms. The molecule has 10 atom stereocenters. The molecule has 0 bridgehead atoms. The second-order valence-corrected chi connectivity index (χ2v) is 25.0. The quantitative estimate of drug-likeness (QED) is 0.0304. The van der Waals surface area contributed by atoms with Gasteiger partial charge in [0.25, 0.3) is 0 Å². The van der Waals surface area contributed by atoms with Gasteiger partial charge in [0, 0.05) is 66.4 Å². The predicted octanol–water partition coefficient (Wildman–Crippen LogP) is 0.733. The molecule has 4 aromatic rings. The van der Waals surface area contributed by atoms with Crippen LogP contribution in [0, 0.1) is 0 Å². The number of para-hydroxylation sites is 1. The number of carbonyl (C=O) groups excluding carboxylic acids is 8. The van der Waals surface area contributed by atoms with Crippen LogP contribution in [0.1, 0.15) is 62.6 Å². The van der Waals surface area contributed by atoms with Crippen molar-refractivity contribution in [1.29, 1.82) is 0 Å². The van der Waals surface area contributed by atoms with Crippen LogP contribution in [-0.2, 0) is 57.6 Å². The van der Waals surface area contributed by atoms with Gasteiger partial charge in [0.05, 0.1) is 30.9 Å². The lowest BCUT2D eigenvalue weighted by Gasteiger charge is -2.29. The summed E-state index contributed by atoms with van der Waals surface area (Å²) < 4.78 is 0. The van der Waals surface area contributed by atoms with Gasteiger partial charge in [-0.05, 0) is 81.8 Å². The van der Waals surface area contributed by atoms with Crippen LogP contribution < -0.4 is 53.6 Å². The molecule has 1 fully saturated rings. The fraction of sp³-hybridized carbons (Fsp3) is 0.500. The number of fused-ring (bicyclic) bond motifs is 1. The molecule has 26 heteroatoms. The summed E-state index contributed by atoms with van der Waals surface area (Å²) in [4.78, 5) is 117.